The molecule has 0 spiro atoms. The van der Waals surface area contributed by atoms with Crippen molar-refractivity contribution in [3.05, 3.63) is 72.2 Å². The maximum atomic E-state index is 12.2. The number of carbonyl (C=O) groups is 1. The van der Waals surface area contributed by atoms with Gasteiger partial charge in [-0.15, -0.1) is 10.2 Å². The van der Waals surface area contributed by atoms with E-state index in [1.165, 1.54) is 0 Å². The standard InChI is InChI=1S/C20H21N5O2/c1-14(2)27-18-9-4-3-8-16(18)23-19-11-10-17(24-25-19)20(26)22-13-15-7-5-6-12-21-15/h3-12,14H,13H2,1-2H3,(H,22,26)(H,23,25). The van der Waals surface area contributed by atoms with Gasteiger partial charge in [0, 0.05) is 6.20 Å². The predicted molar refractivity (Wildman–Crippen MR) is 103 cm³/mol. The molecule has 138 valence electrons. The molecule has 0 bridgehead atoms. The van der Waals surface area contributed by atoms with E-state index in [2.05, 4.69) is 25.8 Å². The Labute approximate surface area is 157 Å². The van der Waals surface area contributed by atoms with Crippen LogP contribution in [0.1, 0.15) is 30.0 Å². The van der Waals surface area contributed by atoms with Crippen LogP contribution in [0.15, 0.2) is 60.8 Å². The molecule has 1 aromatic carbocycles. The summed E-state index contributed by atoms with van der Waals surface area (Å²) in [6.07, 6.45) is 1.74. The molecule has 0 fully saturated rings. The number of rotatable bonds is 7. The van der Waals surface area contributed by atoms with Crippen molar-refractivity contribution >= 4 is 17.4 Å². The quantitative estimate of drug-likeness (QED) is 0.669. The lowest BCUT2D eigenvalue weighted by Crippen LogP contribution is -2.24. The first-order valence-corrected chi connectivity index (χ1v) is 8.66. The van der Waals surface area contributed by atoms with Crippen LogP contribution in [0.3, 0.4) is 0 Å². The minimum atomic E-state index is -0.303. The van der Waals surface area contributed by atoms with Crippen molar-refractivity contribution < 1.29 is 9.53 Å². The van der Waals surface area contributed by atoms with Crippen molar-refractivity contribution in [1.29, 1.82) is 0 Å². The smallest absolute Gasteiger partial charge is 0.272 e. The molecular formula is C20H21N5O2. The molecule has 1 amide bonds. The van der Waals surface area contributed by atoms with E-state index >= 15 is 0 Å². The normalized spacial score (nSPS) is 10.5. The van der Waals surface area contributed by atoms with Gasteiger partial charge < -0.3 is 15.4 Å². The Kier molecular flexibility index (Phi) is 5.94. The van der Waals surface area contributed by atoms with Crippen LogP contribution in [0, 0.1) is 0 Å². The fraction of sp³-hybridized carbons (Fsp3) is 0.200. The van der Waals surface area contributed by atoms with E-state index in [1.807, 2.05) is 56.3 Å². The first kappa shape index (κ1) is 18.3. The second-order valence-electron chi connectivity index (χ2n) is 6.10. The molecule has 0 saturated heterocycles. The fourth-order valence-corrected chi connectivity index (χ4v) is 2.35. The Balaban J connectivity index is 1.63. The van der Waals surface area contributed by atoms with Gasteiger partial charge in [-0.3, -0.25) is 9.78 Å². The molecule has 0 aliphatic rings. The van der Waals surface area contributed by atoms with E-state index in [4.69, 9.17) is 4.74 Å². The Bertz CT molecular complexity index is 882. The number of aromatic nitrogens is 3. The number of anilines is 2. The minimum absolute atomic E-state index is 0.0595. The van der Waals surface area contributed by atoms with Crippen LogP contribution in [0.4, 0.5) is 11.5 Å². The van der Waals surface area contributed by atoms with Gasteiger partial charge in [0.1, 0.15) is 5.75 Å². The van der Waals surface area contributed by atoms with Crippen molar-refractivity contribution in [2.75, 3.05) is 5.32 Å². The van der Waals surface area contributed by atoms with Crippen molar-refractivity contribution in [1.82, 2.24) is 20.5 Å². The van der Waals surface area contributed by atoms with E-state index in [9.17, 15) is 4.79 Å². The van der Waals surface area contributed by atoms with Crippen LogP contribution >= 0.6 is 0 Å². The van der Waals surface area contributed by atoms with Crippen LogP contribution in [-0.2, 0) is 6.54 Å². The number of hydrogen-bond acceptors (Lipinski definition) is 6. The van der Waals surface area contributed by atoms with E-state index in [-0.39, 0.29) is 17.7 Å². The number of nitrogens with one attached hydrogen (secondary N) is 2. The summed E-state index contributed by atoms with van der Waals surface area (Å²) in [6, 6.07) is 16.5. The number of ether oxygens (including phenoxy) is 1. The fourth-order valence-electron chi connectivity index (χ4n) is 2.35. The van der Waals surface area contributed by atoms with Gasteiger partial charge in [-0.1, -0.05) is 18.2 Å². The predicted octanol–water partition coefficient (Wildman–Crippen LogP) is 3.33. The molecule has 3 rings (SSSR count). The minimum Gasteiger partial charge on any atom is -0.489 e. The Morgan fingerprint density at radius 3 is 2.56 bits per heavy atom. The van der Waals surface area contributed by atoms with Gasteiger partial charge in [-0.05, 0) is 50.2 Å². The highest BCUT2D eigenvalue weighted by atomic mass is 16.5. The molecule has 0 unspecified atom stereocenters. The Hall–Kier alpha value is -3.48. The number of benzene rings is 1. The van der Waals surface area contributed by atoms with Gasteiger partial charge in [0.2, 0.25) is 0 Å². The number of para-hydroxylation sites is 2. The van der Waals surface area contributed by atoms with Crippen LogP contribution < -0.4 is 15.4 Å². The Morgan fingerprint density at radius 2 is 1.85 bits per heavy atom. The summed E-state index contributed by atoms with van der Waals surface area (Å²) in [5.74, 6) is 0.950. The largest absolute Gasteiger partial charge is 0.489 e. The van der Waals surface area contributed by atoms with Crippen molar-refractivity contribution in [2.24, 2.45) is 0 Å². The average Bonchev–Trinajstić information content (AvgIpc) is 2.69. The number of carbonyl (C=O) groups excluding carboxylic acids is 1. The molecule has 2 heterocycles. The SMILES string of the molecule is CC(C)Oc1ccccc1Nc1ccc(C(=O)NCc2ccccn2)nn1. The molecule has 0 radical (unpaired) electrons. The van der Waals surface area contributed by atoms with Crippen LogP contribution in [-0.4, -0.2) is 27.2 Å². The molecule has 7 nitrogen and oxygen atoms in total. The third-order valence-corrected chi connectivity index (χ3v) is 3.57. The molecule has 0 aliphatic carbocycles. The van der Waals surface area contributed by atoms with Crippen molar-refractivity contribution in [2.45, 2.75) is 26.5 Å². The maximum Gasteiger partial charge on any atom is 0.272 e. The van der Waals surface area contributed by atoms with Gasteiger partial charge >= 0.3 is 0 Å². The van der Waals surface area contributed by atoms with Gasteiger partial charge in [0.15, 0.2) is 11.5 Å². The third kappa shape index (κ3) is 5.24. The molecular weight excluding hydrogens is 342 g/mol. The highest BCUT2D eigenvalue weighted by molar-refractivity contribution is 5.92. The molecule has 27 heavy (non-hydrogen) atoms. The first-order valence-electron chi connectivity index (χ1n) is 8.66. The first-order chi connectivity index (χ1) is 13.1. The zero-order valence-electron chi connectivity index (χ0n) is 15.2. The van der Waals surface area contributed by atoms with Crippen LogP contribution in [0.25, 0.3) is 0 Å². The summed E-state index contributed by atoms with van der Waals surface area (Å²) in [7, 11) is 0. The zero-order chi connectivity index (χ0) is 19.1. The summed E-state index contributed by atoms with van der Waals surface area (Å²) < 4.78 is 5.77. The molecule has 0 aliphatic heterocycles. The second-order valence-corrected chi connectivity index (χ2v) is 6.10. The number of nitrogens with zero attached hydrogens (tertiary/aromatic N) is 3. The highest BCUT2D eigenvalue weighted by Crippen LogP contribution is 2.27. The summed E-state index contributed by atoms with van der Waals surface area (Å²) in [5, 5.41) is 14.0. The topological polar surface area (TPSA) is 89.0 Å². The Morgan fingerprint density at radius 1 is 1.04 bits per heavy atom. The van der Waals surface area contributed by atoms with E-state index < -0.39 is 0 Å². The van der Waals surface area contributed by atoms with Crippen molar-refractivity contribution in [3.8, 4) is 5.75 Å². The summed E-state index contributed by atoms with van der Waals surface area (Å²) in [5.41, 5.74) is 1.80. The molecule has 2 aromatic heterocycles. The summed E-state index contributed by atoms with van der Waals surface area (Å²) in [6.45, 7) is 4.27. The van der Waals surface area contributed by atoms with Gasteiger partial charge in [0.25, 0.3) is 5.91 Å². The maximum absolute atomic E-state index is 12.2. The molecule has 0 saturated carbocycles. The highest BCUT2D eigenvalue weighted by Gasteiger charge is 2.10. The van der Waals surface area contributed by atoms with Crippen LogP contribution in [0.5, 0.6) is 5.75 Å². The molecule has 3 aromatic rings. The summed E-state index contributed by atoms with van der Waals surface area (Å²) in [4.78, 5) is 16.3. The lowest BCUT2D eigenvalue weighted by atomic mass is 10.2. The number of pyridine rings is 1. The average molecular weight is 363 g/mol. The molecule has 0 atom stereocenters. The van der Waals surface area contributed by atoms with Gasteiger partial charge in [-0.2, -0.15) is 0 Å². The van der Waals surface area contributed by atoms with Crippen molar-refractivity contribution in [3.63, 3.8) is 0 Å². The van der Waals surface area contributed by atoms with E-state index in [0.717, 1.165) is 17.1 Å². The molecule has 7 heteroatoms. The third-order valence-electron chi connectivity index (χ3n) is 3.57. The number of amides is 1. The van der Waals surface area contributed by atoms with Gasteiger partial charge in [-0.25, -0.2) is 0 Å². The van der Waals surface area contributed by atoms with E-state index in [1.54, 1.807) is 18.3 Å². The second kappa shape index (κ2) is 8.75. The monoisotopic (exact) mass is 363 g/mol. The lowest BCUT2D eigenvalue weighted by molar-refractivity contribution is 0.0944. The zero-order valence-corrected chi connectivity index (χ0v) is 15.2. The van der Waals surface area contributed by atoms with Crippen LogP contribution in [0.2, 0.25) is 0 Å². The molecule has 2 N–H and O–H groups in total. The van der Waals surface area contributed by atoms with Gasteiger partial charge in [0.05, 0.1) is 24.0 Å². The number of hydrogen-bond donors (Lipinski definition) is 2. The summed E-state index contributed by atoms with van der Waals surface area (Å²) >= 11 is 0. The van der Waals surface area contributed by atoms with E-state index in [0.29, 0.717) is 12.4 Å². The lowest BCUT2D eigenvalue weighted by Gasteiger charge is -2.14.